The van der Waals surface area contributed by atoms with E-state index < -0.39 is 10.8 Å². The first-order valence-corrected chi connectivity index (χ1v) is 26.7. The van der Waals surface area contributed by atoms with E-state index in [0.29, 0.717) is 0 Å². The van der Waals surface area contributed by atoms with Gasteiger partial charge in [0.15, 0.2) is 0 Å². The first kappa shape index (κ1) is 46.3. The van der Waals surface area contributed by atoms with Gasteiger partial charge in [0.05, 0.1) is 10.8 Å². The molecule has 0 saturated heterocycles. The summed E-state index contributed by atoms with van der Waals surface area (Å²) in [5.74, 6) is 0. The normalized spacial score (nSPS) is 16.5. The van der Waals surface area contributed by atoms with Crippen molar-refractivity contribution in [2.75, 3.05) is 4.90 Å². The molecule has 0 heterocycles. The summed E-state index contributed by atoms with van der Waals surface area (Å²) < 4.78 is 0. The number of fused-ring (bicyclic) bond motifs is 7. The van der Waals surface area contributed by atoms with Crippen molar-refractivity contribution in [2.24, 2.45) is 0 Å². The highest BCUT2D eigenvalue weighted by Crippen LogP contribution is 2.60. The molecule has 0 aliphatic heterocycles. The van der Waals surface area contributed by atoms with Gasteiger partial charge in [0.25, 0.3) is 0 Å². The molecule has 13 rings (SSSR count). The Bertz CT molecular complexity index is 3930. The Morgan fingerprint density at radius 3 is 1.19 bits per heavy atom. The number of nitrogens with zero attached hydrogens (tertiary/aromatic N) is 1. The number of para-hydroxylation sites is 1. The molecule has 0 saturated carbocycles. The van der Waals surface area contributed by atoms with Crippen LogP contribution >= 0.6 is 0 Å². The van der Waals surface area contributed by atoms with Crippen molar-refractivity contribution in [3.8, 4) is 33.4 Å². The summed E-state index contributed by atoms with van der Waals surface area (Å²) in [5.41, 5.74) is 22.4. The second-order valence-electron chi connectivity index (χ2n) is 22.9. The van der Waals surface area contributed by atoms with Crippen LogP contribution in [-0.2, 0) is 21.7 Å². The largest absolute Gasteiger partial charge is 0.310 e. The topological polar surface area (TPSA) is 3.24 Å². The third kappa shape index (κ3) is 7.35. The predicted octanol–water partition coefficient (Wildman–Crippen LogP) is 19.3. The Labute approximate surface area is 443 Å². The lowest BCUT2D eigenvalue weighted by atomic mass is 9.67. The fourth-order valence-corrected chi connectivity index (χ4v) is 12.8. The zero-order valence-corrected chi connectivity index (χ0v) is 43.8. The fraction of sp³-hybridized carbons (Fsp3) is 0.135. The van der Waals surface area contributed by atoms with Crippen molar-refractivity contribution in [3.05, 3.63) is 316 Å². The van der Waals surface area contributed by atoms with Gasteiger partial charge in [-0.25, -0.2) is 0 Å². The molecule has 0 N–H and O–H groups in total. The van der Waals surface area contributed by atoms with Crippen LogP contribution in [0, 0.1) is 0 Å². The second kappa shape index (κ2) is 17.6. The van der Waals surface area contributed by atoms with E-state index in [9.17, 15) is 0 Å². The van der Waals surface area contributed by atoms with Gasteiger partial charge in [-0.3, -0.25) is 0 Å². The Balaban J connectivity index is 1.06. The minimum atomic E-state index is -0.644. The molecule has 2 unspecified atom stereocenters. The lowest BCUT2D eigenvalue weighted by Crippen LogP contribution is -2.29. The van der Waals surface area contributed by atoms with Crippen LogP contribution in [0.3, 0.4) is 0 Å². The van der Waals surface area contributed by atoms with E-state index in [2.05, 4.69) is 307 Å². The summed E-state index contributed by atoms with van der Waals surface area (Å²) in [7, 11) is 0. The Hall–Kier alpha value is -8.52. The molecular formula is C74H61N. The van der Waals surface area contributed by atoms with Crippen LogP contribution in [-0.4, -0.2) is 0 Å². The van der Waals surface area contributed by atoms with Crippen molar-refractivity contribution < 1.29 is 0 Å². The zero-order chi connectivity index (χ0) is 51.1. The molecule has 0 spiro atoms. The molecule has 1 heteroatoms. The molecule has 75 heavy (non-hydrogen) atoms. The molecular weight excluding hydrogens is 903 g/mol. The van der Waals surface area contributed by atoms with Crippen molar-refractivity contribution >= 4 is 27.8 Å². The molecule has 0 radical (unpaired) electrons. The molecule has 2 atom stereocenters. The van der Waals surface area contributed by atoms with E-state index in [1.165, 1.54) is 99.8 Å². The van der Waals surface area contributed by atoms with Gasteiger partial charge in [-0.05, 0) is 159 Å². The summed E-state index contributed by atoms with van der Waals surface area (Å²) in [6.07, 6.45) is 0. The van der Waals surface area contributed by atoms with Gasteiger partial charge in [0, 0.05) is 17.1 Å². The second-order valence-corrected chi connectivity index (χ2v) is 22.9. The number of anilines is 3. The van der Waals surface area contributed by atoms with E-state index >= 15 is 0 Å². The molecule has 1 nitrogen and oxygen atoms in total. The Morgan fingerprint density at radius 2 is 0.653 bits per heavy atom. The Morgan fingerprint density at radius 1 is 0.267 bits per heavy atom. The molecule has 11 aromatic carbocycles. The van der Waals surface area contributed by atoms with Gasteiger partial charge >= 0.3 is 0 Å². The van der Waals surface area contributed by atoms with Crippen LogP contribution in [0.1, 0.15) is 97.2 Å². The third-order valence-corrected chi connectivity index (χ3v) is 16.5. The lowest BCUT2D eigenvalue weighted by molar-refractivity contribution is 0.589. The van der Waals surface area contributed by atoms with E-state index in [4.69, 9.17) is 0 Å². The highest BCUT2D eigenvalue weighted by molar-refractivity contribution is 5.94. The summed E-state index contributed by atoms with van der Waals surface area (Å²) in [5, 5.41) is 2.49. The SMILES string of the molecule is CC(C)(C)c1ccc(C2(c3ccccc3)c3ccccc3-c3ccc(N(c4ccccc4)c4ccc5c(c4)C(c4ccccc4)(c4ccc(C(C)(C)C)cc4)c4cc(-c6ccc7ccccc7c6)ccc4-5)cc32)cc1. The van der Waals surface area contributed by atoms with E-state index in [1.807, 2.05) is 0 Å². The maximum absolute atomic E-state index is 2.51. The van der Waals surface area contributed by atoms with Gasteiger partial charge in [0.2, 0.25) is 0 Å². The van der Waals surface area contributed by atoms with Crippen LogP contribution in [0.15, 0.2) is 261 Å². The van der Waals surface area contributed by atoms with Crippen LogP contribution in [0.4, 0.5) is 17.1 Å². The number of hydrogen-bond donors (Lipinski definition) is 0. The molecule has 11 aromatic rings. The maximum atomic E-state index is 2.51. The van der Waals surface area contributed by atoms with E-state index in [1.54, 1.807) is 0 Å². The average molecular weight is 964 g/mol. The predicted molar refractivity (Wildman–Crippen MR) is 316 cm³/mol. The van der Waals surface area contributed by atoms with Crippen molar-refractivity contribution in [3.63, 3.8) is 0 Å². The minimum Gasteiger partial charge on any atom is -0.310 e. The lowest BCUT2D eigenvalue weighted by Gasteiger charge is -2.36. The number of hydrogen-bond acceptors (Lipinski definition) is 1. The molecule has 0 fully saturated rings. The Kier molecular flexibility index (Phi) is 10.8. The number of rotatable bonds is 8. The maximum Gasteiger partial charge on any atom is 0.0714 e. The van der Waals surface area contributed by atoms with Gasteiger partial charge in [-0.1, -0.05) is 254 Å². The van der Waals surface area contributed by atoms with Crippen LogP contribution in [0.2, 0.25) is 0 Å². The first-order valence-electron chi connectivity index (χ1n) is 26.7. The summed E-state index contributed by atoms with van der Waals surface area (Å²) in [6.45, 7) is 13.8. The van der Waals surface area contributed by atoms with Gasteiger partial charge < -0.3 is 4.90 Å². The fourth-order valence-electron chi connectivity index (χ4n) is 12.8. The molecule has 0 aromatic heterocycles. The van der Waals surface area contributed by atoms with E-state index in [0.717, 1.165) is 17.1 Å². The highest BCUT2D eigenvalue weighted by Gasteiger charge is 2.48. The van der Waals surface area contributed by atoms with Crippen molar-refractivity contribution in [1.82, 2.24) is 0 Å². The molecule has 2 aliphatic carbocycles. The molecule has 2 aliphatic rings. The van der Waals surface area contributed by atoms with Gasteiger partial charge in [0.1, 0.15) is 0 Å². The zero-order valence-electron chi connectivity index (χ0n) is 43.8. The number of benzene rings is 11. The summed E-state index contributed by atoms with van der Waals surface area (Å²) in [4.78, 5) is 2.49. The smallest absolute Gasteiger partial charge is 0.0714 e. The first-order chi connectivity index (χ1) is 36.4. The third-order valence-electron chi connectivity index (χ3n) is 16.5. The van der Waals surface area contributed by atoms with Gasteiger partial charge in [-0.2, -0.15) is 0 Å². The van der Waals surface area contributed by atoms with Crippen LogP contribution < -0.4 is 4.90 Å². The van der Waals surface area contributed by atoms with E-state index in [-0.39, 0.29) is 10.8 Å². The summed E-state index contributed by atoms with van der Waals surface area (Å²) in [6, 6.07) is 98.8. The van der Waals surface area contributed by atoms with Crippen molar-refractivity contribution in [1.29, 1.82) is 0 Å². The quantitative estimate of drug-likeness (QED) is 0.147. The monoisotopic (exact) mass is 963 g/mol. The highest BCUT2D eigenvalue weighted by atomic mass is 15.1. The standard InChI is InChI=1S/C74H61N/c1-71(2,3)54-33-37-58(38-34-54)73(56-22-10-7-11-23-56)67-29-19-18-28-63(67)65-44-41-61(48-69(65)73)75(60-26-14-9-15-27-60)62-42-45-66-64-43-32-53(52-31-30-50-20-16-17-21-51(50)46-52)47-68(64)74(70(66)49-62,57-24-12-8-13-25-57)59-39-35-55(36-40-59)72(4,5)6/h7-49H,1-6H3. The van der Waals surface area contributed by atoms with Crippen molar-refractivity contribution in [2.45, 2.75) is 63.2 Å². The van der Waals surface area contributed by atoms with Crippen LogP contribution in [0.25, 0.3) is 44.2 Å². The molecule has 0 amide bonds. The molecule has 0 bridgehead atoms. The van der Waals surface area contributed by atoms with Crippen LogP contribution in [0.5, 0.6) is 0 Å². The minimum absolute atomic E-state index is 0.00173. The molecule has 362 valence electrons. The average Bonchev–Trinajstić information content (AvgIpc) is 3.91. The summed E-state index contributed by atoms with van der Waals surface area (Å²) >= 11 is 0. The van der Waals surface area contributed by atoms with Gasteiger partial charge in [-0.15, -0.1) is 0 Å².